The second kappa shape index (κ2) is 6.89. The number of hydrogen-bond donors (Lipinski definition) is 2. The maximum Gasteiger partial charge on any atom is 0.392 e. The molecule has 0 unspecified atom stereocenters. The van der Waals surface area contributed by atoms with E-state index < -0.39 is 12.6 Å². The van der Waals surface area contributed by atoms with E-state index in [0.717, 1.165) is 4.90 Å². The minimum absolute atomic E-state index is 0.154. The van der Waals surface area contributed by atoms with Gasteiger partial charge in [0.25, 0.3) is 5.65 Å². The fourth-order valence-corrected chi connectivity index (χ4v) is 3.67. The van der Waals surface area contributed by atoms with E-state index in [0.29, 0.717) is 26.4 Å². The van der Waals surface area contributed by atoms with Gasteiger partial charge in [-0.1, -0.05) is 33.2 Å². The highest BCUT2D eigenvalue weighted by Gasteiger charge is 2.29. The summed E-state index contributed by atoms with van der Waals surface area (Å²) in [5.41, 5.74) is 6.47. The molecule has 2 heterocycles. The average Bonchev–Trinajstić information content (AvgIpc) is 2.89. The Morgan fingerprint density at radius 2 is 1.88 bits per heavy atom. The zero-order valence-corrected chi connectivity index (χ0v) is 14.8. The molecule has 0 fully saturated rings. The quantitative estimate of drug-likeness (QED) is 0.633. The highest BCUT2D eigenvalue weighted by molar-refractivity contribution is 7.99. The van der Waals surface area contributed by atoms with Crippen molar-refractivity contribution in [2.75, 3.05) is 5.73 Å². The molecule has 1 aromatic carbocycles. The van der Waals surface area contributed by atoms with Gasteiger partial charge in [-0.25, -0.2) is 4.57 Å². The molecule has 0 amide bonds. The largest absolute Gasteiger partial charge is 0.392 e. The van der Waals surface area contributed by atoms with E-state index in [-0.39, 0.29) is 12.4 Å². The van der Waals surface area contributed by atoms with E-state index >= 15 is 0 Å². The monoisotopic (exact) mass is 408 g/mol. The van der Waals surface area contributed by atoms with Crippen LogP contribution in [0.15, 0.2) is 34.6 Å². The van der Waals surface area contributed by atoms with Crippen LogP contribution in [0.4, 0.5) is 19.0 Å². The van der Waals surface area contributed by atoms with Gasteiger partial charge in [-0.2, -0.15) is 13.2 Å². The fraction of sp³-hybridized carbons (Fsp3) is 0.214. The zero-order chi connectivity index (χ0) is 18.2. The fourth-order valence-electron chi connectivity index (χ4n) is 2.14. The topological polar surface area (TPSA) is 71.5 Å². The lowest BCUT2D eigenvalue weighted by molar-refractivity contribution is -0.679. The molecule has 0 atom stereocenters. The van der Waals surface area contributed by atoms with Crippen molar-refractivity contribution >= 4 is 51.9 Å². The average molecular weight is 409 g/mol. The van der Waals surface area contributed by atoms with Gasteiger partial charge in [-0.3, -0.25) is 0 Å². The second-order valence-corrected chi connectivity index (χ2v) is 7.07. The van der Waals surface area contributed by atoms with Gasteiger partial charge in [-0.15, -0.1) is 0 Å². The highest BCUT2D eigenvalue weighted by atomic mass is 35.5. The number of H-pyrrole nitrogens is 1. The number of nitrogens with zero attached hydrogens (tertiary/aromatic N) is 3. The van der Waals surface area contributed by atoms with Crippen molar-refractivity contribution in [1.82, 2.24) is 15.0 Å². The molecule has 132 valence electrons. The number of nitrogens with two attached hydrogens (primary N) is 1. The Balaban J connectivity index is 1.94. The third-order valence-corrected chi connectivity index (χ3v) is 4.51. The summed E-state index contributed by atoms with van der Waals surface area (Å²) in [6, 6.07) is 4.99. The number of fused-ring (bicyclic) bond motifs is 1. The molecule has 0 bridgehead atoms. The number of aromatic nitrogens is 4. The maximum absolute atomic E-state index is 12.5. The number of hydrogen-bond acceptors (Lipinski definition) is 4. The van der Waals surface area contributed by atoms with Gasteiger partial charge in [0.2, 0.25) is 17.3 Å². The van der Waals surface area contributed by atoms with Crippen LogP contribution in [0.3, 0.4) is 0 Å². The third-order valence-electron chi connectivity index (χ3n) is 3.21. The Kier molecular flexibility index (Phi) is 4.99. The van der Waals surface area contributed by atoms with E-state index in [4.69, 9.17) is 28.9 Å². The number of halogens is 5. The Morgan fingerprint density at radius 1 is 1.20 bits per heavy atom. The van der Waals surface area contributed by atoms with E-state index in [1.165, 1.54) is 22.7 Å². The van der Waals surface area contributed by atoms with E-state index in [1.807, 2.05) is 0 Å². The molecule has 3 N–H and O–H groups in total. The number of anilines is 1. The number of nitrogen functional groups attached to an aromatic ring is 1. The van der Waals surface area contributed by atoms with Crippen LogP contribution < -0.4 is 10.3 Å². The summed E-state index contributed by atoms with van der Waals surface area (Å²) in [7, 11) is 0. The molecule has 3 aromatic rings. The van der Waals surface area contributed by atoms with Gasteiger partial charge in [0, 0.05) is 14.9 Å². The predicted molar refractivity (Wildman–Crippen MR) is 89.8 cm³/mol. The molecule has 0 spiro atoms. The molecular weight excluding hydrogens is 398 g/mol. The van der Waals surface area contributed by atoms with Crippen molar-refractivity contribution < 1.29 is 17.7 Å². The van der Waals surface area contributed by atoms with Crippen LogP contribution in [0.25, 0.3) is 11.2 Å². The summed E-state index contributed by atoms with van der Waals surface area (Å²) in [5, 5.41) is 1.37. The van der Waals surface area contributed by atoms with Crippen LogP contribution in [-0.2, 0) is 6.54 Å². The SMILES string of the molecule is Nc1nc[n+](CCC(F)(F)F)c2nc(Sc3cc(Cl)cc(Cl)c3)[nH]c12. The van der Waals surface area contributed by atoms with E-state index in [2.05, 4.69) is 15.0 Å². The Bertz CT molecular complexity index is 908. The van der Waals surface area contributed by atoms with E-state index in [1.54, 1.807) is 18.2 Å². The van der Waals surface area contributed by atoms with E-state index in [9.17, 15) is 13.2 Å². The minimum Gasteiger partial charge on any atom is -0.368 e. The molecule has 0 saturated carbocycles. The molecule has 2 aromatic heterocycles. The van der Waals surface area contributed by atoms with Crippen molar-refractivity contribution in [3.8, 4) is 0 Å². The van der Waals surface area contributed by atoms with Gasteiger partial charge in [0.05, 0.1) is 13.0 Å². The van der Waals surface area contributed by atoms with Crippen LogP contribution in [0, 0.1) is 0 Å². The van der Waals surface area contributed by atoms with Gasteiger partial charge in [0.1, 0.15) is 0 Å². The van der Waals surface area contributed by atoms with Crippen molar-refractivity contribution in [3.63, 3.8) is 0 Å². The summed E-state index contributed by atoms with van der Waals surface area (Å²) in [6.07, 6.45) is -4.02. The summed E-state index contributed by atoms with van der Waals surface area (Å²) < 4.78 is 38.7. The number of aryl methyl sites for hydroxylation is 1. The van der Waals surface area contributed by atoms with Crippen LogP contribution >= 0.6 is 35.0 Å². The summed E-state index contributed by atoms with van der Waals surface area (Å²) in [6.45, 7) is -0.300. The first kappa shape index (κ1) is 18.1. The molecular formula is C14H11Cl2F3N5S+. The maximum atomic E-state index is 12.5. The van der Waals surface area contributed by atoms with Gasteiger partial charge < -0.3 is 10.7 Å². The van der Waals surface area contributed by atoms with Crippen LogP contribution in [0.2, 0.25) is 10.0 Å². The number of imidazole rings is 1. The van der Waals surface area contributed by atoms with Crippen LogP contribution in [0.1, 0.15) is 6.42 Å². The molecule has 0 aliphatic heterocycles. The number of aromatic amines is 1. The molecule has 3 rings (SSSR count). The first-order chi connectivity index (χ1) is 11.7. The van der Waals surface area contributed by atoms with Gasteiger partial charge >= 0.3 is 6.18 Å². The molecule has 5 nitrogen and oxygen atoms in total. The summed E-state index contributed by atoms with van der Waals surface area (Å²) in [5.74, 6) is 0.154. The number of rotatable bonds is 4. The first-order valence-corrected chi connectivity index (χ1v) is 8.53. The first-order valence-electron chi connectivity index (χ1n) is 6.95. The minimum atomic E-state index is -4.27. The van der Waals surface area contributed by atoms with Crippen molar-refractivity contribution in [3.05, 3.63) is 34.6 Å². The molecule has 0 radical (unpaired) electrons. The number of benzene rings is 1. The predicted octanol–water partition coefficient (Wildman–Crippen LogP) is 4.24. The lowest BCUT2D eigenvalue weighted by atomic mass is 10.4. The molecule has 11 heteroatoms. The highest BCUT2D eigenvalue weighted by Crippen LogP contribution is 2.31. The van der Waals surface area contributed by atoms with Crippen LogP contribution in [0.5, 0.6) is 0 Å². The standard InChI is InChI=1S/C14H10Cl2F3N5S/c15-7-3-8(16)5-9(4-7)25-13-22-10-11(20)21-6-24(12(10)23-13)2-1-14(17,18)19/h3-6H,1-2H2,(H2,20,22,23)/p+1. The van der Waals surface area contributed by atoms with Crippen molar-refractivity contribution in [2.24, 2.45) is 0 Å². The number of alkyl halides is 3. The zero-order valence-electron chi connectivity index (χ0n) is 12.4. The Labute approximate surface area is 154 Å². The molecule has 25 heavy (non-hydrogen) atoms. The molecule has 0 saturated heterocycles. The smallest absolute Gasteiger partial charge is 0.368 e. The van der Waals surface area contributed by atoms with Crippen molar-refractivity contribution in [1.29, 1.82) is 0 Å². The van der Waals surface area contributed by atoms with Crippen molar-refractivity contribution in [2.45, 2.75) is 29.2 Å². The lowest BCUT2D eigenvalue weighted by Crippen LogP contribution is -2.37. The van der Waals surface area contributed by atoms with Crippen LogP contribution in [-0.4, -0.2) is 21.1 Å². The summed E-state index contributed by atoms with van der Waals surface area (Å²) >= 11 is 13.1. The molecule has 0 aliphatic carbocycles. The number of nitrogens with one attached hydrogen (secondary N) is 1. The van der Waals surface area contributed by atoms with Gasteiger partial charge in [0.15, 0.2) is 5.52 Å². The molecule has 0 aliphatic rings. The Morgan fingerprint density at radius 3 is 2.52 bits per heavy atom. The Hall–Kier alpha value is -1.71. The summed E-state index contributed by atoms with van der Waals surface area (Å²) in [4.78, 5) is 11.9. The normalized spacial score (nSPS) is 12.0. The van der Waals surface area contributed by atoms with Gasteiger partial charge in [-0.05, 0) is 30.0 Å². The second-order valence-electron chi connectivity index (χ2n) is 5.14. The lowest BCUT2D eigenvalue weighted by Gasteiger charge is -2.05. The third kappa shape index (κ3) is 4.47.